The van der Waals surface area contributed by atoms with Gasteiger partial charge in [0.15, 0.2) is 0 Å². The molecule has 0 spiro atoms. The van der Waals surface area contributed by atoms with E-state index in [1.165, 1.54) is 41.3 Å². The lowest BCUT2D eigenvalue weighted by atomic mass is 10.0. The van der Waals surface area contributed by atoms with E-state index in [1.807, 2.05) is 0 Å². The predicted molar refractivity (Wildman–Crippen MR) is 113 cm³/mol. The van der Waals surface area contributed by atoms with Gasteiger partial charge >= 0.3 is 24.1 Å². The molecule has 2 amide bonds. The summed E-state index contributed by atoms with van der Waals surface area (Å²) in [7, 11) is 0. The van der Waals surface area contributed by atoms with Gasteiger partial charge in [0.05, 0.1) is 23.0 Å². The molecular weight excluding hydrogens is 466 g/mol. The van der Waals surface area contributed by atoms with Crippen molar-refractivity contribution in [1.82, 2.24) is 14.5 Å². The Kier molecular flexibility index (Phi) is 6.09. The number of aromatic amines is 1. The number of amides is 2. The monoisotopic (exact) mass is 486 g/mol. The number of alkyl halides is 6. The van der Waals surface area contributed by atoms with Crippen LogP contribution in [0.3, 0.4) is 0 Å². The molecule has 1 aliphatic rings. The number of carbonyl (C=O) groups is 1. The zero-order valence-electron chi connectivity index (χ0n) is 17.6. The number of imidazole rings is 1. The van der Waals surface area contributed by atoms with Crippen LogP contribution in [0.25, 0.3) is 11.0 Å². The lowest BCUT2D eigenvalue weighted by molar-refractivity contribution is -0.136. The summed E-state index contributed by atoms with van der Waals surface area (Å²) < 4.78 is 79.0. The van der Waals surface area contributed by atoms with E-state index in [1.54, 1.807) is 0 Å². The van der Waals surface area contributed by atoms with E-state index < -0.39 is 42.1 Å². The highest BCUT2D eigenvalue weighted by Gasteiger charge is 2.36. The molecule has 0 unspecified atom stereocenters. The van der Waals surface area contributed by atoms with E-state index in [4.69, 9.17) is 0 Å². The number of nitrogens with zero attached hydrogens (tertiary/aromatic N) is 2. The zero-order valence-corrected chi connectivity index (χ0v) is 17.6. The molecule has 1 saturated heterocycles. The molecule has 3 aromatic rings. The molecule has 2 heterocycles. The molecule has 0 aliphatic carbocycles. The molecule has 2 N–H and O–H groups in total. The Morgan fingerprint density at radius 3 is 2.24 bits per heavy atom. The highest BCUT2D eigenvalue weighted by Crippen LogP contribution is 2.36. The summed E-state index contributed by atoms with van der Waals surface area (Å²) in [5.41, 5.74) is -1.28. The van der Waals surface area contributed by atoms with Crippen LogP contribution in [0.2, 0.25) is 0 Å². The fraction of sp³-hybridized carbons (Fsp3) is 0.364. The number of halogens is 6. The van der Waals surface area contributed by atoms with E-state index in [2.05, 4.69) is 10.3 Å². The number of H-pyrrole nitrogens is 1. The van der Waals surface area contributed by atoms with E-state index in [0.717, 1.165) is 10.6 Å². The summed E-state index contributed by atoms with van der Waals surface area (Å²) in [5, 5.41) is 2.60. The van der Waals surface area contributed by atoms with Gasteiger partial charge in [-0.15, -0.1) is 0 Å². The van der Waals surface area contributed by atoms with E-state index in [-0.39, 0.29) is 42.5 Å². The highest BCUT2D eigenvalue weighted by atomic mass is 19.4. The van der Waals surface area contributed by atoms with E-state index in [0.29, 0.717) is 5.69 Å². The predicted octanol–water partition coefficient (Wildman–Crippen LogP) is 5.32. The van der Waals surface area contributed by atoms with Crippen molar-refractivity contribution in [3.8, 4) is 0 Å². The molecule has 12 heteroatoms. The zero-order chi connectivity index (χ0) is 24.7. The SMILES string of the molecule is O=C(Nc1ccc(CC(F)(F)F)cc1)N1CCC(n2c(=O)[nH]c3cccc(C(F)(F)F)c32)CC1. The maximum Gasteiger partial charge on any atom is 0.418 e. The summed E-state index contributed by atoms with van der Waals surface area (Å²) in [6, 6.07) is 7.84. The van der Waals surface area contributed by atoms with Crippen molar-refractivity contribution < 1.29 is 31.1 Å². The number of aromatic nitrogens is 2. The lowest BCUT2D eigenvalue weighted by Crippen LogP contribution is -2.42. The molecule has 1 aromatic heterocycles. The van der Waals surface area contributed by atoms with Crippen LogP contribution in [0.15, 0.2) is 47.3 Å². The first-order valence-corrected chi connectivity index (χ1v) is 10.4. The van der Waals surface area contributed by atoms with Crippen LogP contribution in [-0.4, -0.2) is 39.7 Å². The van der Waals surface area contributed by atoms with Crippen LogP contribution in [0.4, 0.5) is 36.8 Å². The highest BCUT2D eigenvalue weighted by molar-refractivity contribution is 5.89. The molecule has 6 nitrogen and oxygen atoms in total. The Morgan fingerprint density at radius 1 is 1.00 bits per heavy atom. The van der Waals surface area contributed by atoms with Crippen LogP contribution < -0.4 is 11.0 Å². The lowest BCUT2D eigenvalue weighted by Gasteiger charge is -2.32. The van der Waals surface area contributed by atoms with Crippen molar-refractivity contribution >= 4 is 22.8 Å². The molecule has 4 rings (SSSR count). The Bertz CT molecular complexity index is 1240. The van der Waals surface area contributed by atoms with Crippen molar-refractivity contribution in [2.24, 2.45) is 0 Å². The minimum Gasteiger partial charge on any atom is -0.324 e. The van der Waals surface area contributed by atoms with Gasteiger partial charge in [-0.25, -0.2) is 9.59 Å². The van der Waals surface area contributed by atoms with Gasteiger partial charge in [0, 0.05) is 24.8 Å². The molecule has 0 bridgehead atoms. The van der Waals surface area contributed by atoms with Crippen molar-refractivity contribution in [2.75, 3.05) is 18.4 Å². The second kappa shape index (κ2) is 8.73. The van der Waals surface area contributed by atoms with Gasteiger partial charge in [-0.1, -0.05) is 18.2 Å². The Morgan fingerprint density at radius 2 is 1.65 bits per heavy atom. The second-order valence-electron chi connectivity index (χ2n) is 8.14. The van der Waals surface area contributed by atoms with Gasteiger partial charge in [-0.2, -0.15) is 26.3 Å². The average molecular weight is 486 g/mol. The number of fused-ring (bicyclic) bond motifs is 1. The van der Waals surface area contributed by atoms with Gasteiger partial charge in [0.1, 0.15) is 0 Å². The number of urea groups is 1. The number of hydrogen-bond acceptors (Lipinski definition) is 2. The number of para-hydroxylation sites is 1. The third kappa shape index (κ3) is 5.05. The van der Waals surface area contributed by atoms with Gasteiger partial charge in [-0.05, 0) is 42.7 Å². The fourth-order valence-corrected chi connectivity index (χ4v) is 4.23. The quantitative estimate of drug-likeness (QED) is 0.492. The van der Waals surface area contributed by atoms with Gasteiger partial charge < -0.3 is 15.2 Å². The van der Waals surface area contributed by atoms with Crippen LogP contribution >= 0.6 is 0 Å². The molecular formula is C22H20F6N4O2. The molecule has 0 saturated carbocycles. The molecule has 1 fully saturated rings. The molecule has 1 aliphatic heterocycles. The van der Waals surface area contributed by atoms with Gasteiger partial charge in [0.2, 0.25) is 0 Å². The van der Waals surface area contributed by atoms with Crippen molar-refractivity contribution in [3.63, 3.8) is 0 Å². The first-order chi connectivity index (χ1) is 15.9. The molecule has 2 aromatic carbocycles. The van der Waals surface area contributed by atoms with Gasteiger partial charge in [0.25, 0.3) is 0 Å². The number of nitrogens with one attached hydrogen (secondary N) is 2. The second-order valence-corrected chi connectivity index (χ2v) is 8.14. The van der Waals surface area contributed by atoms with Crippen LogP contribution in [0.1, 0.15) is 30.0 Å². The number of anilines is 1. The topological polar surface area (TPSA) is 70.1 Å². The minimum atomic E-state index is -4.63. The Labute approximate surface area is 189 Å². The number of hydrogen-bond donors (Lipinski definition) is 2. The number of benzene rings is 2. The van der Waals surface area contributed by atoms with Gasteiger partial charge in [-0.3, -0.25) is 4.57 Å². The summed E-state index contributed by atoms with van der Waals surface area (Å²) in [4.78, 5) is 28.9. The third-order valence-corrected chi connectivity index (χ3v) is 5.77. The smallest absolute Gasteiger partial charge is 0.324 e. The van der Waals surface area contributed by atoms with Crippen LogP contribution in [0, 0.1) is 0 Å². The number of carbonyl (C=O) groups excluding carboxylic acids is 1. The normalized spacial score (nSPS) is 15.6. The largest absolute Gasteiger partial charge is 0.418 e. The number of rotatable bonds is 3. The van der Waals surface area contributed by atoms with Crippen LogP contribution in [0.5, 0.6) is 0 Å². The first kappa shape index (κ1) is 23.7. The number of likely N-dealkylation sites (tertiary alicyclic amines) is 1. The molecule has 34 heavy (non-hydrogen) atoms. The minimum absolute atomic E-state index is 0.0636. The van der Waals surface area contributed by atoms with E-state index >= 15 is 0 Å². The standard InChI is InChI=1S/C22H20F6N4O2/c23-21(24,25)12-13-4-6-14(7-5-13)29-19(33)31-10-8-15(9-11-31)32-18-16(22(26,27)28)2-1-3-17(18)30-20(32)34/h1-7,15H,8-12H2,(H,29,33)(H,30,34). The van der Waals surface area contributed by atoms with E-state index in [9.17, 15) is 35.9 Å². The number of piperidine rings is 1. The summed E-state index contributed by atoms with van der Waals surface area (Å²) in [6.45, 7) is 0.381. The molecule has 0 atom stereocenters. The fourth-order valence-electron chi connectivity index (χ4n) is 4.23. The van der Waals surface area contributed by atoms with Crippen molar-refractivity contribution in [2.45, 2.75) is 37.7 Å². The molecule has 0 radical (unpaired) electrons. The summed E-state index contributed by atoms with van der Waals surface area (Å²) >= 11 is 0. The maximum absolute atomic E-state index is 13.5. The molecule has 182 valence electrons. The summed E-state index contributed by atoms with van der Waals surface area (Å²) in [6.07, 6.45) is -9.51. The Balaban J connectivity index is 1.44. The summed E-state index contributed by atoms with van der Waals surface area (Å²) in [5.74, 6) is 0. The van der Waals surface area contributed by atoms with Crippen molar-refractivity contribution in [1.29, 1.82) is 0 Å². The first-order valence-electron chi connectivity index (χ1n) is 10.4. The Hall–Kier alpha value is -3.44. The van der Waals surface area contributed by atoms with Crippen LogP contribution in [-0.2, 0) is 12.6 Å². The maximum atomic E-state index is 13.5. The van der Waals surface area contributed by atoms with Crippen molar-refractivity contribution in [3.05, 3.63) is 64.1 Å². The average Bonchev–Trinajstić information content (AvgIpc) is 3.09. The third-order valence-electron chi connectivity index (χ3n) is 5.77.